The van der Waals surface area contributed by atoms with E-state index in [1.807, 2.05) is 5.32 Å². The minimum Gasteiger partial charge on any atom is -0.481 e. The number of hydrogen-bond donors (Lipinski definition) is 2. The summed E-state index contributed by atoms with van der Waals surface area (Å²) in [6.45, 7) is -0.232. The highest BCUT2D eigenvalue weighted by Gasteiger charge is 2.27. The molecule has 0 fully saturated rings. The molecule has 0 spiro atoms. The summed E-state index contributed by atoms with van der Waals surface area (Å²) in [6, 6.07) is 5.70. The number of halogens is 5. The van der Waals surface area contributed by atoms with Crippen LogP contribution in [0, 0.1) is 11.6 Å². The van der Waals surface area contributed by atoms with Gasteiger partial charge in [0.15, 0.2) is 6.10 Å². The van der Waals surface area contributed by atoms with Crippen molar-refractivity contribution in [2.75, 3.05) is 12.0 Å². The molecule has 3 aromatic rings. The van der Waals surface area contributed by atoms with Gasteiger partial charge in [-0.15, -0.1) is 5.10 Å². The van der Waals surface area contributed by atoms with Crippen LogP contribution in [0.5, 0.6) is 5.75 Å². The molecule has 14 heteroatoms. The summed E-state index contributed by atoms with van der Waals surface area (Å²) in [6.07, 6.45) is -5.63. The topological polar surface area (TPSA) is 115 Å². The second-order valence-electron chi connectivity index (χ2n) is 6.94. The number of hydrogen-bond acceptors (Lipinski definition) is 5. The molecule has 0 unspecified atom stereocenters. The van der Waals surface area contributed by atoms with Crippen LogP contribution in [0.25, 0.3) is 5.69 Å². The standard InChI is InChI=1S/C21H17F5N4O5/c1-2-29-18(20(32)33)28-30(21(29)34)10-6-7-11(14(8-10)35-15(9-22)17(25)26)19(31)27-16-12(23)4-3-5-13(16)24/h3-8,15,17H,2,9H2,1H3,(H,27,31)(H,32,33)/t15-/m0/s1. The van der Waals surface area contributed by atoms with Crippen molar-refractivity contribution in [3.8, 4) is 11.4 Å². The number of alkyl halides is 3. The number of aromatic nitrogens is 3. The molecule has 186 valence electrons. The normalized spacial score (nSPS) is 12.0. The number of carbonyl (C=O) groups excluding carboxylic acids is 1. The van der Waals surface area contributed by atoms with Crippen LogP contribution in [0.4, 0.5) is 27.6 Å². The van der Waals surface area contributed by atoms with E-state index in [1.165, 1.54) is 6.92 Å². The van der Waals surface area contributed by atoms with Gasteiger partial charge in [-0.3, -0.25) is 9.36 Å². The number of anilines is 1. The highest BCUT2D eigenvalue weighted by molar-refractivity contribution is 6.06. The van der Waals surface area contributed by atoms with Crippen molar-refractivity contribution in [2.24, 2.45) is 0 Å². The maximum absolute atomic E-state index is 13.9. The van der Waals surface area contributed by atoms with E-state index >= 15 is 0 Å². The molecular weight excluding hydrogens is 483 g/mol. The van der Waals surface area contributed by atoms with Gasteiger partial charge in [-0.25, -0.2) is 31.5 Å². The van der Waals surface area contributed by atoms with E-state index in [2.05, 4.69) is 5.10 Å². The van der Waals surface area contributed by atoms with Crippen LogP contribution in [-0.4, -0.2) is 50.5 Å². The van der Waals surface area contributed by atoms with Crippen LogP contribution in [0.3, 0.4) is 0 Å². The molecule has 35 heavy (non-hydrogen) atoms. The Kier molecular flexibility index (Phi) is 7.52. The van der Waals surface area contributed by atoms with Gasteiger partial charge >= 0.3 is 11.7 Å². The van der Waals surface area contributed by atoms with Gasteiger partial charge in [0.1, 0.15) is 29.7 Å². The summed E-state index contributed by atoms with van der Waals surface area (Å²) in [4.78, 5) is 36.7. The SMILES string of the molecule is CCn1c(C(=O)O)nn(-c2ccc(C(=O)Nc3c(F)cccc3F)c(O[C@@H](CF)C(F)F)c2)c1=O. The summed E-state index contributed by atoms with van der Waals surface area (Å²) in [5.74, 6) is -6.24. The van der Waals surface area contributed by atoms with Crippen LogP contribution in [0.15, 0.2) is 41.2 Å². The van der Waals surface area contributed by atoms with Crippen LogP contribution >= 0.6 is 0 Å². The number of nitrogens with one attached hydrogen (secondary N) is 1. The molecule has 9 nitrogen and oxygen atoms in total. The number of aromatic carboxylic acids is 1. The Balaban J connectivity index is 2.11. The minimum absolute atomic E-state index is 0.0617. The zero-order valence-electron chi connectivity index (χ0n) is 17.8. The van der Waals surface area contributed by atoms with Crippen LogP contribution < -0.4 is 15.7 Å². The molecule has 0 radical (unpaired) electrons. The van der Waals surface area contributed by atoms with Crippen molar-refractivity contribution in [3.63, 3.8) is 0 Å². The monoisotopic (exact) mass is 500 g/mol. The molecule has 1 heterocycles. The Morgan fingerprint density at radius 3 is 2.34 bits per heavy atom. The van der Waals surface area contributed by atoms with E-state index < -0.39 is 71.2 Å². The average molecular weight is 500 g/mol. The second-order valence-corrected chi connectivity index (χ2v) is 6.94. The number of carboxylic acid groups (broad SMARTS) is 1. The molecule has 1 aromatic heterocycles. The van der Waals surface area contributed by atoms with Crippen molar-refractivity contribution in [3.05, 3.63) is 69.9 Å². The quantitative estimate of drug-likeness (QED) is 0.436. The van der Waals surface area contributed by atoms with Gasteiger partial charge in [-0.05, 0) is 31.2 Å². The van der Waals surface area contributed by atoms with Crippen molar-refractivity contribution in [2.45, 2.75) is 26.0 Å². The number of nitrogens with zero attached hydrogens (tertiary/aromatic N) is 3. The number of amides is 1. The molecule has 0 saturated carbocycles. The van der Waals surface area contributed by atoms with Gasteiger partial charge in [0.2, 0.25) is 5.82 Å². The molecule has 0 aliphatic rings. The predicted molar refractivity (Wildman–Crippen MR) is 111 cm³/mol. The lowest BCUT2D eigenvalue weighted by molar-refractivity contribution is -0.00155. The lowest BCUT2D eigenvalue weighted by Crippen LogP contribution is -2.29. The first kappa shape index (κ1) is 25.4. The highest BCUT2D eigenvalue weighted by Crippen LogP contribution is 2.27. The Morgan fingerprint density at radius 2 is 1.83 bits per heavy atom. The maximum Gasteiger partial charge on any atom is 0.374 e. The largest absolute Gasteiger partial charge is 0.481 e. The fraction of sp³-hybridized carbons (Fsp3) is 0.238. The van der Waals surface area contributed by atoms with E-state index in [1.54, 1.807) is 0 Å². The smallest absolute Gasteiger partial charge is 0.374 e. The molecule has 1 atom stereocenters. The van der Waals surface area contributed by atoms with Crippen molar-refractivity contribution in [1.29, 1.82) is 0 Å². The van der Waals surface area contributed by atoms with Crippen molar-refractivity contribution in [1.82, 2.24) is 14.3 Å². The van der Waals surface area contributed by atoms with Gasteiger partial charge in [-0.1, -0.05) is 6.07 Å². The average Bonchev–Trinajstić information content (AvgIpc) is 3.15. The maximum atomic E-state index is 13.9. The van der Waals surface area contributed by atoms with E-state index in [0.717, 1.165) is 41.0 Å². The number of carbonyl (C=O) groups is 2. The summed E-state index contributed by atoms with van der Waals surface area (Å²) in [7, 11) is 0. The minimum atomic E-state index is -3.32. The van der Waals surface area contributed by atoms with Crippen LogP contribution in [-0.2, 0) is 6.54 Å². The number of carboxylic acids is 1. The zero-order valence-corrected chi connectivity index (χ0v) is 17.8. The summed E-state index contributed by atoms with van der Waals surface area (Å²) >= 11 is 0. The third-order valence-corrected chi connectivity index (χ3v) is 4.74. The van der Waals surface area contributed by atoms with Gasteiger partial charge in [0.05, 0.1) is 11.3 Å². The predicted octanol–water partition coefficient (Wildman–Crippen LogP) is 3.26. The first-order valence-electron chi connectivity index (χ1n) is 9.92. The zero-order chi connectivity index (χ0) is 25.9. The fourth-order valence-electron chi connectivity index (χ4n) is 3.05. The molecule has 3 rings (SSSR count). The molecule has 0 bridgehead atoms. The lowest BCUT2D eigenvalue weighted by Gasteiger charge is -2.18. The number of benzene rings is 2. The number of ether oxygens (including phenoxy) is 1. The number of rotatable bonds is 9. The third kappa shape index (κ3) is 5.15. The Labute approximate surface area is 193 Å². The summed E-state index contributed by atoms with van der Waals surface area (Å²) in [5.41, 5.74) is -2.47. The van der Waals surface area contributed by atoms with E-state index in [0.29, 0.717) is 4.68 Å². The first-order valence-corrected chi connectivity index (χ1v) is 9.92. The Morgan fingerprint density at radius 1 is 1.17 bits per heavy atom. The first-order chi connectivity index (χ1) is 16.6. The fourth-order valence-corrected chi connectivity index (χ4v) is 3.05. The number of para-hydroxylation sites is 1. The van der Waals surface area contributed by atoms with Gasteiger partial charge in [0.25, 0.3) is 12.3 Å². The Hall–Kier alpha value is -4.23. The van der Waals surface area contributed by atoms with Gasteiger partial charge in [-0.2, -0.15) is 4.68 Å². The third-order valence-electron chi connectivity index (χ3n) is 4.74. The Bertz CT molecular complexity index is 1300. The van der Waals surface area contributed by atoms with Crippen molar-refractivity contribution < 1.29 is 41.4 Å². The highest BCUT2D eigenvalue weighted by atomic mass is 19.3. The van der Waals surface area contributed by atoms with Gasteiger partial charge in [0, 0.05) is 12.6 Å². The molecule has 2 aromatic carbocycles. The second kappa shape index (κ2) is 10.4. The summed E-state index contributed by atoms with van der Waals surface area (Å²) in [5, 5.41) is 14.9. The molecule has 2 N–H and O–H groups in total. The van der Waals surface area contributed by atoms with E-state index in [9.17, 15) is 41.4 Å². The molecular formula is C21H17F5N4O5. The molecule has 1 amide bonds. The van der Waals surface area contributed by atoms with Crippen LogP contribution in [0.1, 0.15) is 27.9 Å². The molecule has 0 saturated heterocycles. The molecule has 0 aliphatic carbocycles. The van der Waals surface area contributed by atoms with E-state index in [4.69, 9.17) is 4.74 Å². The van der Waals surface area contributed by atoms with E-state index in [-0.39, 0.29) is 12.2 Å². The van der Waals surface area contributed by atoms with Gasteiger partial charge < -0.3 is 15.2 Å². The lowest BCUT2D eigenvalue weighted by atomic mass is 10.1. The van der Waals surface area contributed by atoms with Crippen molar-refractivity contribution >= 4 is 17.6 Å². The van der Waals surface area contributed by atoms with Crippen LogP contribution in [0.2, 0.25) is 0 Å². The summed E-state index contributed by atoms with van der Waals surface area (Å²) < 4.78 is 73.7. The molecule has 0 aliphatic heterocycles.